The van der Waals surface area contributed by atoms with E-state index in [0.29, 0.717) is 35.1 Å². The molecule has 0 spiro atoms. The fourth-order valence-electron chi connectivity index (χ4n) is 3.42. The van der Waals surface area contributed by atoms with Crippen molar-refractivity contribution in [3.63, 3.8) is 0 Å². The number of aromatic amines is 1. The molecule has 0 saturated carbocycles. The van der Waals surface area contributed by atoms with Crippen molar-refractivity contribution >= 4 is 38.2 Å². The van der Waals surface area contributed by atoms with E-state index in [1.807, 2.05) is 0 Å². The lowest BCUT2D eigenvalue weighted by Crippen LogP contribution is -2.28. The number of carbonyl (C=O) groups is 1. The van der Waals surface area contributed by atoms with Crippen LogP contribution in [0, 0.1) is 10.1 Å². The van der Waals surface area contributed by atoms with Gasteiger partial charge in [0, 0.05) is 41.5 Å². The third-order valence-corrected chi connectivity index (χ3v) is 6.29. The third kappa shape index (κ3) is 2.83. The van der Waals surface area contributed by atoms with Gasteiger partial charge in [0.2, 0.25) is 10.0 Å². The molecule has 3 aromatic rings. The molecule has 0 atom stereocenters. The summed E-state index contributed by atoms with van der Waals surface area (Å²) in [5, 5.41) is 11.5. The normalized spacial score (nSPS) is 13.7. The Morgan fingerprint density at radius 3 is 2.75 bits per heavy atom. The Labute approximate surface area is 160 Å². The largest absolute Gasteiger partial charge is 0.360 e. The molecule has 144 valence electrons. The first-order chi connectivity index (χ1) is 13.3. The first-order valence-corrected chi connectivity index (χ1v) is 9.94. The van der Waals surface area contributed by atoms with Crippen LogP contribution in [0.1, 0.15) is 15.9 Å². The van der Waals surface area contributed by atoms with Crippen LogP contribution in [-0.4, -0.2) is 37.8 Å². The fourth-order valence-corrected chi connectivity index (χ4v) is 4.20. The van der Waals surface area contributed by atoms with E-state index in [-0.39, 0.29) is 16.5 Å². The highest BCUT2D eigenvalue weighted by molar-refractivity contribution is 7.89. The third-order valence-electron chi connectivity index (χ3n) is 4.88. The van der Waals surface area contributed by atoms with Gasteiger partial charge in [0.1, 0.15) is 0 Å². The van der Waals surface area contributed by atoms with Gasteiger partial charge in [-0.05, 0) is 43.3 Å². The van der Waals surface area contributed by atoms with E-state index in [4.69, 9.17) is 0 Å². The van der Waals surface area contributed by atoms with Gasteiger partial charge in [-0.3, -0.25) is 14.9 Å². The maximum Gasteiger partial charge on any atom is 0.270 e. The first-order valence-electron chi connectivity index (χ1n) is 8.45. The van der Waals surface area contributed by atoms with Crippen LogP contribution in [0.3, 0.4) is 0 Å². The summed E-state index contributed by atoms with van der Waals surface area (Å²) in [6, 6.07) is 8.95. The number of nitrogens with zero attached hydrogens (tertiary/aromatic N) is 2. The second-order valence-electron chi connectivity index (χ2n) is 6.39. The van der Waals surface area contributed by atoms with Crippen LogP contribution in [-0.2, 0) is 16.4 Å². The summed E-state index contributed by atoms with van der Waals surface area (Å²) >= 11 is 0. The Balaban J connectivity index is 1.73. The number of rotatable bonds is 4. The molecule has 0 bridgehead atoms. The van der Waals surface area contributed by atoms with Gasteiger partial charge in [-0.25, -0.2) is 13.1 Å². The zero-order valence-electron chi connectivity index (χ0n) is 14.8. The number of carbonyl (C=O) groups excluding carboxylic acids is 1. The topological polar surface area (TPSA) is 125 Å². The van der Waals surface area contributed by atoms with Gasteiger partial charge in [0.25, 0.3) is 11.6 Å². The minimum absolute atomic E-state index is 0.0927. The van der Waals surface area contributed by atoms with Crippen LogP contribution < -0.4 is 9.62 Å². The Kier molecular flexibility index (Phi) is 4.16. The summed E-state index contributed by atoms with van der Waals surface area (Å²) in [6.45, 7) is 0.402. The van der Waals surface area contributed by atoms with Crippen LogP contribution in [0.4, 0.5) is 11.4 Å². The molecule has 2 N–H and O–H groups in total. The second-order valence-corrected chi connectivity index (χ2v) is 8.28. The number of benzene rings is 2. The van der Waals surface area contributed by atoms with Crippen molar-refractivity contribution in [1.82, 2.24) is 9.71 Å². The molecule has 1 amide bonds. The second kappa shape index (κ2) is 6.43. The molecule has 1 aliphatic rings. The number of fused-ring (bicyclic) bond motifs is 2. The minimum Gasteiger partial charge on any atom is -0.360 e. The van der Waals surface area contributed by atoms with Crippen molar-refractivity contribution in [1.29, 1.82) is 0 Å². The molecule has 2 aromatic carbocycles. The zero-order valence-corrected chi connectivity index (χ0v) is 15.6. The lowest BCUT2D eigenvalue weighted by atomic mass is 10.1. The summed E-state index contributed by atoms with van der Waals surface area (Å²) < 4.78 is 26.2. The number of hydrogen-bond acceptors (Lipinski definition) is 5. The molecule has 0 fully saturated rings. The van der Waals surface area contributed by atoms with Crippen molar-refractivity contribution < 1.29 is 18.1 Å². The molecule has 9 nitrogen and oxygen atoms in total. The molecule has 0 aliphatic carbocycles. The highest BCUT2D eigenvalue weighted by Crippen LogP contribution is 2.33. The summed E-state index contributed by atoms with van der Waals surface area (Å²) in [4.78, 5) is 28.3. The van der Waals surface area contributed by atoms with Crippen LogP contribution in [0.15, 0.2) is 47.5 Å². The van der Waals surface area contributed by atoms with Crippen LogP contribution in [0.5, 0.6) is 0 Å². The van der Waals surface area contributed by atoms with Crippen molar-refractivity contribution in [3.05, 3.63) is 63.8 Å². The number of sulfonamides is 1. The molecule has 28 heavy (non-hydrogen) atoms. The predicted molar refractivity (Wildman–Crippen MR) is 103 cm³/mol. The van der Waals surface area contributed by atoms with Crippen LogP contribution in [0.25, 0.3) is 10.9 Å². The standard InChI is InChI=1S/C18H16N4O5S/c1-19-28(26,27)13-3-5-17-11(8-13)6-7-21(17)18(23)15-10-20-16-4-2-12(22(24)25)9-14(15)16/h2-5,8-10,19-20H,6-7H2,1H3. The average Bonchev–Trinajstić information content (AvgIpc) is 3.30. The Morgan fingerprint density at radius 1 is 1.25 bits per heavy atom. The Morgan fingerprint density at radius 2 is 2.04 bits per heavy atom. The highest BCUT2D eigenvalue weighted by Gasteiger charge is 2.29. The molecule has 1 aliphatic heterocycles. The van der Waals surface area contributed by atoms with E-state index in [1.54, 1.807) is 23.1 Å². The van der Waals surface area contributed by atoms with E-state index in [2.05, 4.69) is 9.71 Å². The zero-order chi connectivity index (χ0) is 20.1. The van der Waals surface area contributed by atoms with Crippen LogP contribution >= 0.6 is 0 Å². The summed E-state index contributed by atoms with van der Waals surface area (Å²) in [6.07, 6.45) is 2.06. The monoisotopic (exact) mass is 400 g/mol. The average molecular weight is 400 g/mol. The van der Waals surface area contributed by atoms with Gasteiger partial charge in [-0.2, -0.15) is 0 Å². The quantitative estimate of drug-likeness (QED) is 0.513. The van der Waals surface area contributed by atoms with E-state index < -0.39 is 14.9 Å². The first kappa shape index (κ1) is 18.1. The maximum absolute atomic E-state index is 13.1. The number of non-ortho nitro benzene ring substituents is 1. The number of nitro groups is 1. The van der Waals surface area contributed by atoms with Gasteiger partial charge in [-0.15, -0.1) is 0 Å². The summed E-state index contributed by atoms with van der Waals surface area (Å²) in [5.41, 5.74) is 2.27. The van der Waals surface area contributed by atoms with Gasteiger partial charge in [0.05, 0.1) is 15.4 Å². The van der Waals surface area contributed by atoms with Gasteiger partial charge < -0.3 is 9.88 Å². The van der Waals surface area contributed by atoms with Gasteiger partial charge in [-0.1, -0.05) is 0 Å². The number of anilines is 1. The molecule has 0 unspecified atom stereocenters. The van der Waals surface area contributed by atoms with Crippen LogP contribution in [0.2, 0.25) is 0 Å². The molecule has 2 heterocycles. The number of nitro benzene ring substituents is 1. The fraction of sp³-hybridized carbons (Fsp3) is 0.167. The molecular weight excluding hydrogens is 384 g/mol. The number of hydrogen-bond donors (Lipinski definition) is 2. The summed E-state index contributed by atoms with van der Waals surface area (Å²) in [7, 11) is -2.22. The molecule has 0 saturated heterocycles. The molecule has 1 aromatic heterocycles. The van der Waals surface area contributed by atoms with Gasteiger partial charge in [0.15, 0.2) is 0 Å². The molecular formula is C18H16N4O5S. The number of aromatic nitrogens is 1. The Bertz CT molecular complexity index is 1230. The number of H-pyrrole nitrogens is 1. The summed E-state index contributed by atoms with van der Waals surface area (Å²) in [5.74, 6) is -0.297. The van der Waals surface area contributed by atoms with Crippen molar-refractivity contribution in [2.45, 2.75) is 11.3 Å². The lowest BCUT2D eigenvalue weighted by molar-refractivity contribution is -0.384. The lowest BCUT2D eigenvalue weighted by Gasteiger charge is -2.17. The van der Waals surface area contributed by atoms with Gasteiger partial charge >= 0.3 is 0 Å². The molecule has 4 rings (SSSR count). The van der Waals surface area contributed by atoms with E-state index in [9.17, 15) is 23.3 Å². The van der Waals surface area contributed by atoms with E-state index in [1.165, 1.54) is 31.4 Å². The highest BCUT2D eigenvalue weighted by atomic mass is 32.2. The number of nitrogens with one attached hydrogen (secondary N) is 2. The number of amides is 1. The molecule has 0 radical (unpaired) electrons. The van der Waals surface area contributed by atoms with E-state index in [0.717, 1.165) is 5.56 Å². The van der Waals surface area contributed by atoms with E-state index >= 15 is 0 Å². The van der Waals surface area contributed by atoms with Crippen molar-refractivity contribution in [3.8, 4) is 0 Å². The minimum atomic E-state index is -3.56. The van der Waals surface area contributed by atoms with Crippen molar-refractivity contribution in [2.24, 2.45) is 0 Å². The maximum atomic E-state index is 13.1. The predicted octanol–water partition coefficient (Wildman–Crippen LogP) is 2.19. The van der Waals surface area contributed by atoms with Crippen molar-refractivity contribution in [2.75, 3.05) is 18.5 Å². The SMILES string of the molecule is CNS(=O)(=O)c1ccc2c(c1)CCN2C(=O)c1c[nH]c2ccc([N+](=O)[O-])cc12. The smallest absolute Gasteiger partial charge is 0.270 e. The molecule has 10 heteroatoms. The Hall–Kier alpha value is -3.24.